The van der Waals surface area contributed by atoms with Crippen molar-refractivity contribution in [2.45, 2.75) is 13.0 Å². The van der Waals surface area contributed by atoms with E-state index in [0.717, 1.165) is 15.8 Å². The summed E-state index contributed by atoms with van der Waals surface area (Å²) in [4.78, 5) is 12.3. The van der Waals surface area contributed by atoms with Crippen LogP contribution in [0, 0.1) is 0 Å². The van der Waals surface area contributed by atoms with Crippen molar-refractivity contribution in [1.82, 2.24) is 9.59 Å². The van der Waals surface area contributed by atoms with Crippen LogP contribution >= 0.6 is 11.5 Å². The molecule has 0 fully saturated rings. The lowest BCUT2D eigenvalue weighted by Gasteiger charge is -2.13. The van der Waals surface area contributed by atoms with Crippen molar-refractivity contribution in [3.05, 3.63) is 59.7 Å². The highest BCUT2D eigenvalue weighted by atomic mass is 32.1. The zero-order chi connectivity index (χ0) is 13.9. The highest BCUT2D eigenvalue weighted by molar-refractivity contribution is 7.13. The van der Waals surface area contributed by atoms with Gasteiger partial charge in [0.05, 0.1) is 10.3 Å². The number of aromatic nitrogens is 2. The Labute approximate surface area is 120 Å². The van der Waals surface area contributed by atoms with Gasteiger partial charge in [-0.15, -0.1) is 5.10 Å². The van der Waals surface area contributed by atoms with Crippen LogP contribution in [-0.2, 0) is 4.74 Å². The summed E-state index contributed by atoms with van der Waals surface area (Å²) in [6.45, 7) is 1.86. The molecule has 0 saturated carbocycles. The Balaban J connectivity index is 1.85. The molecule has 0 aliphatic heterocycles. The number of carbonyl (C=O) groups excluding carboxylic acids is 1. The molecule has 1 heterocycles. The van der Waals surface area contributed by atoms with Gasteiger partial charge in [-0.3, -0.25) is 0 Å². The van der Waals surface area contributed by atoms with E-state index in [9.17, 15) is 4.79 Å². The molecular formula is C15H12N2O2S. The molecule has 0 spiro atoms. The van der Waals surface area contributed by atoms with E-state index in [1.54, 1.807) is 12.1 Å². The van der Waals surface area contributed by atoms with Gasteiger partial charge in [-0.25, -0.2) is 4.79 Å². The summed E-state index contributed by atoms with van der Waals surface area (Å²) in [5.74, 6) is -0.349. The van der Waals surface area contributed by atoms with Crippen LogP contribution in [0.4, 0.5) is 0 Å². The fourth-order valence-electron chi connectivity index (χ4n) is 1.98. The van der Waals surface area contributed by atoms with Crippen LogP contribution in [0.3, 0.4) is 0 Å². The first-order chi connectivity index (χ1) is 9.75. The third-order valence-electron chi connectivity index (χ3n) is 3.05. The molecule has 0 amide bonds. The van der Waals surface area contributed by atoms with Crippen LogP contribution in [0.15, 0.2) is 48.5 Å². The number of nitrogens with zero attached hydrogens (tertiary/aromatic N) is 2. The zero-order valence-corrected chi connectivity index (χ0v) is 11.6. The lowest BCUT2D eigenvalue weighted by Crippen LogP contribution is -2.09. The van der Waals surface area contributed by atoms with Gasteiger partial charge in [0, 0.05) is 0 Å². The first-order valence-corrected chi connectivity index (χ1v) is 7.00. The molecule has 20 heavy (non-hydrogen) atoms. The zero-order valence-electron chi connectivity index (χ0n) is 10.8. The monoisotopic (exact) mass is 284 g/mol. The van der Waals surface area contributed by atoms with E-state index < -0.39 is 0 Å². The van der Waals surface area contributed by atoms with Gasteiger partial charge in [0.25, 0.3) is 0 Å². The molecule has 2 aromatic carbocycles. The number of hydrogen-bond donors (Lipinski definition) is 0. The smallest absolute Gasteiger partial charge is 0.340 e. The maximum absolute atomic E-state index is 12.3. The van der Waals surface area contributed by atoms with Gasteiger partial charge < -0.3 is 4.74 Å². The maximum Gasteiger partial charge on any atom is 0.340 e. The molecule has 5 heteroatoms. The summed E-state index contributed by atoms with van der Waals surface area (Å²) in [7, 11) is 0. The first kappa shape index (κ1) is 12.7. The summed E-state index contributed by atoms with van der Waals surface area (Å²) in [6.07, 6.45) is -0.292. The predicted molar refractivity (Wildman–Crippen MR) is 77.7 cm³/mol. The van der Waals surface area contributed by atoms with Crippen LogP contribution in [0.5, 0.6) is 0 Å². The predicted octanol–water partition coefficient (Wildman–Crippen LogP) is 3.61. The number of benzene rings is 2. The molecular weight excluding hydrogens is 272 g/mol. The molecule has 1 aromatic heterocycles. The molecule has 4 nitrogen and oxygen atoms in total. The van der Waals surface area contributed by atoms with Gasteiger partial charge in [-0.05, 0) is 36.2 Å². The molecule has 0 radical (unpaired) electrons. The largest absolute Gasteiger partial charge is 0.454 e. The van der Waals surface area contributed by atoms with E-state index in [0.29, 0.717) is 5.56 Å². The molecule has 0 aliphatic rings. The van der Waals surface area contributed by atoms with Crippen LogP contribution in [0.2, 0.25) is 0 Å². The summed E-state index contributed by atoms with van der Waals surface area (Å²) in [6, 6.07) is 15.0. The van der Waals surface area contributed by atoms with E-state index in [2.05, 4.69) is 9.59 Å². The van der Waals surface area contributed by atoms with E-state index in [-0.39, 0.29) is 12.1 Å². The Morgan fingerprint density at radius 1 is 1.15 bits per heavy atom. The maximum atomic E-state index is 12.3. The average molecular weight is 284 g/mol. The topological polar surface area (TPSA) is 52.1 Å². The second-order valence-electron chi connectivity index (χ2n) is 4.38. The van der Waals surface area contributed by atoms with E-state index in [1.165, 1.54) is 11.5 Å². The van der Waals surface area contributed by atoms with E-state index in [4.69, 9.17) is 4.74 Å². The third-order valence-corrected chi connectivity index (χ3v) is 3.82. The van der Waals surface area contributed by atoms with Crippen LogP contribution < -0.4 is 0 Å². The minimum absolute atomic E-state index is 0.292. The molecule has 0 bridgehead atoms. The van der Waals surface area contributed by atoms with Crippen LogP contribution in [-0.4, -0.2) is 15.6 Å². The van der Waals surface area contributed by atoms with E-state index in [1.807, 2.05) is 43.3 Å². The van der Waals surface area contributed by atoms with Gasteiger partial charge in [0.2, 0.25) is 0 Å². The van der Waals surface area contributed by atoms with Crippen molar-refractivity contribution in [2.24, 2.45) is 0 Å². The number of rotatable bonds is 3. The standard InChI is InChI=1S/C15H12N2O2S/c1-10(11-6-3-2-4-7-11)19-15(18)12-8-5-9-13-14(12)20-17-16-13/h2-10H,1H3. The van der Waals surface area contributed by atoms with Crippen LogP contribution in [0.25, 0.3) is 10.2 Å². The van der Waals surface area contributed by atoms with E-state index >= 15 is 0 Å². The summed E-state index contributed by atoms with van der Waals surface area (Å²) >= 11 is 1.20. The minimum Gasteiger partial charge on any atom is -0.454 e. The van der Waals surface area contributed by atoms with Gasteiger partial charge in [0.15, 0.2) is 0 Å². The highest BCUT2D eigenvalue weighted by Gasteiger charge is 2.17. The lowest BCUT2D eigenvalue weighted by molar-refractivity contribution is 0.0340. The minimum atomic E-state index is -0.349. The van der Waals surface area contributed by atoms with Crippen molar-refractivity contribution in [2.75, 3.05) is 0 Å². The number of fused-ring (bicyclic) bond motifs is 1. The number of ether oxygens (including phenoxy) is 1. The Bertz CT molecular complexity index is 740. The third kappa shape index (κ3) is 2.40. The van der Waals surface area contributed by atoms with Gasteiger partial charge in [-0.2, -0.15) is 0 Å². The molecule has 3 rings (SSSR count). The molecule has 0 saturated heterocycles. The Hall–Kier alpha value is -2.27. The highest BCUT2D eigenvalue weighted by Crippen LogP contribution is 2.24. The fourth-order valence-corrected chi connectivity index (χ4v) is 2.64. The second-order valence-corrected chi connectivity index (χ2v) is 5.14. The van der Waals surface area contributed by atoms with Crippen molar-refractivity contribution < 1.29 is 9.53 Å². The van der Waals surface area contributed by atoms with Gasteiger partial charge in [-0.1, -0.05) is 40.9 Å². The normalized spacial score (nSPS) is 12.2. The number of carbonyl (C=O) groups is 1. The number of esters is 1. The average Bonchev–Trinajstić information content (AvgIpc) is 2.96. The molecule has 100 valence electrons. The fraction of sp³-hybridized carbons (Fsp3) is 0.133. The Morgan fingerprint density at radius 3 is 2.75 bits per heavy atom. The molecule has 0 aliphatic carbocycles. The molecule has 3 aromatic rings. The number of hydrogen-bond acceptors (Lipinski definition) is 5. The molecule has 1 atom stereocenters. The van der Waals surface area contributed by atoms with Gasteiger partial charge in [0.1, 0.15) is 11.6 Å². The summed E-state index contributed by atoms with van der Waals surface area (Å²) in [5, 5.41) is 3.96. The Kier molecular flexibility index (Phi) is 3.43. The van der Waals surface area contributed by atoms with Crippen molar-refractivity contribution in [1.29, 1.82) is 0 Å². The lowest BCUT2D eigenvalue weighted by atomic mass is 10.1. The van der Waals surface area contributed by atoms with Crippen molar-refractivity contribution >= 4 is 27.7 Å². The quantitative estimate of drug-likeness (QED) is 0.689. The molecule has 1 unspecified atom stereocenters. The molecule has 0 N–H and O–H groups in total. The van der Waals surface area contributed by atoms with Gasteiger partial charge >= 0.3 is 5.97 Å². The first-order valence-electron chi connectivity index (χ1n) is 6.22. The summed E-state index contributed by atoms with van der Waals surface area (Å²) < 4.78 is 10.1. The van der Waals surface area contributed by atoms with Crippen molar-refractivity contribution in [3.63, 3.8) is 0 Å². The SMILES string of the molecule is CC(OC(=O)c1cccc2nnsc12)c1ccccc1. The van der Waals surface area contributed by atoms with Crippen molar-refractivity contribution in [3.8, 4) is 0 Å². The summed E-state index contributed by atoms with van der Waals surface area (Å²) in [5.41, 5.74) is 2.20. The Morgan fingerprint density at radius 2 is 1.95 bits per heavy atom. The van der Waals surface area contributed by atoms with Crippen LogP contribution in [0.1, 0.15) is 28.9 Å². The second kappa shape index (κ2) is 5.38.